The second-order valence-electron chi connectivity index (χ2n) is 9.09. The summed E-state index contributed by atoms with van der Waals surface area (Å²) in [5, 5.41) is 8.29. The van der Waals surface area contributed by atoms with Gasteiger partial charge in [-0.05, 0) is 64.7 Å². The van der Waals surface area contributed by atoms with Gasteiger partial charge in [-0.2, -0.15) is 0 Å². The van der Waals surface area contributed by atoms with E-state index in [0.717, 1.165) is 19.3 Å². The van der Waals surface area contributed by atoms with Crippen molar-refractivity contribution in [2.75, 3.05) is 19.8 Å². The maximum absolute atomic E-state index is 11.9. The third-order valence-corrected chi connectivity index (χ3v) is 5.54. The Bertz CT molecular complexity index is 729. The van der Waals surface area contributed by atoms with Crippen LogP contribution in [0.15, 0.2) is 24.3 Å². The van der Waals surface area contributed by atoms with Crippen LogP contribution in [0, 0.1) is 5.92 Å². The van der Waals surface area contributed by atoms with Crippen molar-refractivity contribution in [3.8, 4) is 0 Å². The third kappa shape index (κ3) is 16.9. The summed E-state index contributed by atoms with van der Waals surface area (Å²) < 4.78 is 21.1. The molecule has 0 aliphatic carbocycles. The van der Waals surface area contributed by atoms with E-state index in [1.54, 1.807) is 13.8 Å². The summed E-state index contributed by atoms with van der Waals surface area (Å²) in [4.78, 5) is 44.0. The Morgan fingerprint density at radius 3 is 1.89 bits per heavy atom. The number of carbonyl (C=O) groups is 4. The van der Waals surface area contributed by atoms with E-state index in [0.29, 0.717) is 62.4 Å². The van der Waals surface area contributed by atoms with Crippen LogP contribution in [-0.2, 0) is 38.1 Å². The Morgan fingerprint density at radius 1 is 0.889 bits per heavy atom. The number of hydrogen-bond acceptors (Lipinski definition) is 8. The zero-order valence-electron chi connectivity index (χ0n) is 22.3. The standard InChI is InChI=1S/C18H30O5.C9H14O4/c1-5-15-10-9-14(4)16(12-22-15)23-17(19)8-6-7-11-21-18(20)13(2)3;1-7(2)9(12)13-6-4-3-5-8(10)11/h14-16H,2,5-12H2,1,3-4H3;1,3-6H2,2H3,(H,10,11)/t14-,15?,16+;/m0./s1. The molecule has 9 nitrogen and oxygen atoms in total. The van der Waals surface area contributed by atoms with Gasteiger partial charge in [0.15, 0.2) is 0 Å². The van der Waals surface area contributed by atoms with Gasteiger partial charge in [0.2, 0.25) is 0 Å². The zero-order valence-corrected chi connectivity index (χ0v) is 22.3. The summed E-state index contributed by atoms with van der Waals surface area (Å²) in [5.41, 5.74) is 0.746. The highest BCUT2D eigenvalue weighted by molar-refractivity contribution is 5.87. The first-order valence-corrected chi connectivity index (χ1v) is 12.7. The number of esters is 3. The van der Waals surface area contributed by atoms with Crippen LogP contribution in [0.4, 0.5) is 0 Å². The molecule has 0 bridgehead atoms. The minimum absolute atomic E-state index is 0.116. The molecule has 1 rings (SSSR count). The van der Waals surface area contributed by atoms with Crippen molar-refractivity contribution in [2.45, 2.75) is 97.7 Å². The summed E-state index contributed by atoms with van der Waals surface area (Å²) in [7, 11) is 0. The Labute approximate surface area is 215 Å². The fraction of sp³-hybridized carbons (Fsp3) is 0.704. The van der Waals surface area contributed by atoms with Gasteiger partial charge in [-0.1, -0.05) is 27.0 Å². The maximum Gasteiger partial charge on any atom is 0.333 e. The molecule has 1 aliphatic heterocycles. The van der Waals surface area contributed by atoms with Crippen molar-refractivity contribution in [2.24, 2.45) is 5.92 Å². The van der Waals surface area contributed by atoms with Gasteiger partial charge in [-0.3, -0.25) is 9.59 Å². The van der Waals surface area contributed by atoms with Crippen molar-refractivity contribution in [1.82, 2.24) is 0 Å². The lowest BCUT2D eigenvalue weighted by molar-refractivity contribution is -0.155. The number of rotatable bonds is 14. The van der Waals surface area contributed by atoms with E-state index in [9.17, 15) is 19.2 Å². The first-order valence-electron chi connectivity index (χ1n) is 12.7. The van der Waals surface area contributed by atoms with Gasteiger partial charge >= 0.3 is 23.9 Å². The minimum Gasteiger partial charge on any atom is -0.481 e. The summed E-state index contributed by atoms with van der Waals surface area (Å²) >= 11 is 0. The molecule has 1 heterocycles. The predicted octanol–water partition coefficient (Wildman–Crippen LogP) is 4.77. The molecular formula is C27H44O9. The molecule has 36 heavy (non-hydrogen) atoms. The van der Waals surface area contributed by atoms with Crippen LogP contribution in [0.1, 0.15) is 85.5 Å². The lowest BCUT2D eigenvalue weighted by atomic mass is 9.98. The summed E-state index contributed by atoms with van der Waals surface area (Å²) in [6.07, 6.45) is 6.01. The Hall–Kier alpha value is -2.68. The number of ether oxygens (including phenoxy) is 4. The van der Waals surface area contributed by atoms with Crippen molar-refractivity contribution in [3.05, 3.63) is 24.3 Å². The molecule has 9 heteroatoms. The van der Waals surface area contributed by atoms with Crippen molar-refractivity contribution in [3.63, 3.8) is 0 Å². The lowest BCUT2D eigenvalue weighted by Crippen LogP contribution is -2.28. The summed E-state index contributed by atoms with van der Waals surface area (Å²) in [6.45, 7) is 15.4. The van der Waals surface area contributed by atoms with E-state index >= 15 is 0 Å². The fourth-order valence-corrected chi connectivity index (χ4v) is 3.14. The first kappa shape index (κ1) is 33.3. The smallest absolute Gasteiger partial charge is 0.333 e. The molecule has 0 aromatic rings. The summed E-state index contributed by atoms with van der Waals surface area (Å²) in [5.74, 6) is -1.51. The van der Waals surface area contributed by atoms with Gasteiger partial charge in [0.1, 0.15) is 6.10 Å². The van der Waals surface area contributed by atoms with Gasteiger partial charge in [0.25, 0.3) is 0 Å². The molecule has 1 unspecified atom stereocenters. The molecule has 0 spiro atoms. The number of unbranched alkanes of at least 4 members (excludes halogenated alkanes) is 2. The van der Waals surface area contributed by atoms with Crippen LogP contribution < -0.4 is 0 Å². The average Bonchev–Trinajstić information content (AvgIpc) is 2.99. The van der Waals surface area contributed by atoms with Gasteiger partial charge in [0.05, 0.1) is 25.9 Å². The third-order valence-electron chi connectivity index (χ3n) is 5.54. The van der Waals surface area contributed by atoms with Gasteiger partial charge < -0.3 is 24.1 Å². The maximum atomic E-state index is 11.9. The number of carbonyl (C=O) groups excluding carboxylic acids is 3. The Kier molecular flexibility index (Phi) is 18.0. The number of carboxylic acids is 1. The van der Waals surface area contributed by atoms with E-state index < -0.39 is 11.9 Å². The van der Waals surface area contributed by atoms with Crippen molar-refractivity contribution >= 4 is 23.9 Å². The van der Waals surface area contributed by atoms with Crippen LogP contribution in [0.3, 0.4) is 0 Å². The molecule has 206 valence electrons. The van der Waals surface area contributed by atoms with Crippen LogP contribution in [0.25, 0.3) is 0 Å². The average molecular weight is 513 g/mol. The monoisotopic (exact) mass is 512 g/mol. The molecule has 0 aromatic heterocycles. The highest BCUT2D eigenvalue weighted by Crippen LogP contribution is 2.23. The highest BCUT2D eigenvalue weighted by Gasteiger charge is 2.27. The van der Waals surface area contributed by atoms with Crippen molar-refractivity contribution < 1.29 is 43.2 Å². The second kappa shape index (κ2) is 19.5. The van der Waals surface area contributed by atoms with Gasteiger partial charge in [0, 0.05) is 24.0 Å². The normalized spacial score (nSPS) is 19.1. The molecule has 1 N–H and O–H groups in total. The molecule has 1 saturated heterocycles. The molecule has 0 saturated carbocycles. The van der Waals surface area contributed by atoms with Crippen LogP contribution in [-0.4, -0.2) is 61.0 Å². The lowest BCUT2D eigenvalue weighted by Gasteiger charge is -2.21. The molecule has 1 fully saturated rings. The second-order valence-corrected chi connectivity index (χ2v) is 9.09. The first-order chi connectivity index (χ1) is 17.0. The van der Waals surface area contributed by atoms with E-state index in [1.165, 1.54) is 0 Å². The number of hydrogen-bond donors (Lipinski definition) is 1. The van der Waals surface area contributed by atoms with Gasteiger partial charge in [-0.15, -0.1) is 0 Å². The molecule has 0 amide bonds. The number of carboxylic acid groups (broad SMARTS) is 1. The summed E-state index contributed by atoms with van der Waals surface area (Å²) in [6, 6.07) is 0. The van der Waals surface area contributed by atoms with E-state index in [2.05, 4.69) is 27.0 Å². The molecule has 0 radical (unpaired) electrons. The Balaban J connectivity index is 0.000000802. The molecular weight excluding hydrogens is 468 g/mol. The minimum atomic E-state index is -0.828. The SMILES string of the molecule is C=C(C)C(=O)OCCCCC(=O)O.C=C(C)C(=O)OCCCCC(=O)O[C@@H]1COC(CC)CC[C@@H]1C. The zero-order chi connectivity index (χ0) is 27.5. The topological polar surface area (TPSA) is 125 Å². The van der Waals surface area contributed by atoms with Crippen LogP contribution >= 0.6 is 0 Å². The Morgan fingerprint density at radius 2 is 1.42 bits per heavy atom. The van der Waals surface area contributed by atoms with E-state index in [1.807, 2.05) is 0 Å². The fourth-order valence-electron chi connectivity index (χ4n) is 3.14. The van der Waals surface area contributed by atoms with Crippen LogP contribution in [0.5, 0.6) is 0 Å². The molecule has 0 aromatic carbocycles. The molecule has 3 atom stereocenters. The van der Waals surface area contributed by atoms with Gasteiger partial charge in [-0.25, -0.2) is 9.59 Å². The van der Waals surface area contributed by atoms with Crippen LogP contribution in [0.2, 0.25) is 0 Å². The quantitative estimate of drug-likeness (QED) is 0.151. The number of aliphatic carboxylic acids is 1. The molecule has 1 aliphatic rings. The largest absolute Gasteiger partial charge is 0.481 e. The van der Waals surface area contributed by atoms with E-state index in [-0.39, 0.29) is 37.2 Å². The van der Waals surface area contributed by atoms with Crippen molar-refractivity contribution in [1.29, 1.82) is 0 Å². The highest BCUT2D eigenvalue weighted by atomic mass is 16.6. The predicted molar refractivity (Wildman–Crippen MR) is 135 cm³/mol. The van der Waals surface area contributed by atoms with E-state index in [4.69, 9.17) is 24.1 Å².